The maximum absolute atomic E-state index is 13.0. The van der Waals surface area contributed by atoms with E-state index in [2.05, 4.69) is 10.2 Å². The number of H-pyrrole nitrogens is 1. The first-order valence-corrected chi connectivity index (χ1v) is 10.1. The molecule has 1 aliphatic rings. The minimum Gasteiger partial charge on any atom is -0.545 e. The van der Waals surface area contributed by atoms with Gasteiger partial charge in [-0.15, -0.1) is 0 Å². The minimum atomic E-state index is -1.92. The molecule has 1 amide bonds. The SMILES string of the molecule is O=C([O-])C1=NN(c2ccc(C(=O)[O-])cc2)C(=O)C1=Cc1c(C(=O)[O-])[nH]n(-c2ccc(C(=O)[O-])cc2)c1=O.[Na+].[Na+].[Na+].[Na+]. The monoisotopic (exact) mass is 594 g/mol. The number of hydrazone groups is 1. The van der Waals surface area contributed by atoms with Gasteiger partial charge in [0.1, 0.15) is 5.71 Å². The van der Waals surface area contributed by atoms with Gasteiger partial charge in [-0.3, -0.25) is 14.7 Å². The van der Waals surface area contributed by atoms with E-state index in [1.807, 2.05) is 0 Å². The third-order valence-electron chi connectivity index (χ3n) is 5.20. The Morgan fingerprint density at radius 1 is 0.683 bits per heavy atom. The number of nitrogens with one attached hydrogen (secondary N) is 1. The number of carboxylic acids is 4. The second-order valence-electron chi connectivity index (χ2n) is 7.41. The molecule has 14 nitrogen and oxygen atoms in total. The topological polar surface area (TPSA) is 231 Å². The molecule has 18 heteroatoms. The van der Waals surface area contributed by atoms with E-state index in [9.17, 15) is 49.2 Å². The number of rotatable bonds is 7. The summed E-state index contributed by atoms with van der Waals surface area (Å²) < 4.78 is 0.711. The zero-order valence-electron chi connectivity index (χ0n) is 22.1. The van der Waals surface area contributed by atoms with Crippen LogP contribution < -0.4 is 149 Å². The third kappa shape index (κ3) is 8.19. The van der Waals surface area contributed by atoms with Crippen LogP contribution in [-0.2, 0) is 9.59 Å². The van der Waals surface area contributed by atoms with Crippen LogP contribution in [0.2, 0.25) is 0 Å². The van der Waals surface area contributed by atoms with Crippen molar-refractivity contribution in [3.05, 3.63) is 86.8 Å². The van der Waals surface area contributed by atoms with Crippen LogP contribution in [0.3, 0.4) is 0 Å². The van der Waals surface area contributed by atoms with Gasteiger partial charge < -0.3 is 39.6 Å². The second-order valence-corrected chi connectivity index (χ2v) is 7.41. The molecule has 0 aliphatic carbocycles. The summed E-state index contributed by atoms with van der Waals surface area (Å²) in [7, 11) is 0. The summed E-state index contributed by atoms with van der Waals surface area (Å²) in [4.78, 5) is 71.2. The van der Waals surface area contributed by atoms with Crippen molar-refractivity contribution in [3.63, 3.8) is 0 Å². The quantitative estimate of drug-likeness (QED) is 0.200. The number of aromatic carboxylic acids is 3. The number of aromatic amines is 1. The number of hydrogen-bond donors (Lipinski definition) is 1. The summed E-state index contributed by atoms with van der Waals surface area (Å²) in [6.07, 6.45) is 0.683. The Kier molecular flexibility index (Phi) is 15.5. The van der Waals surface area contributed by atoms with Crippen molar-refractivity contribution in [2.24, 2.45) is 5.10 Å². The summed E-state index contributed by atoms with van der Waals surface area (Å²) in [5.74, 6) is -7.86. The molecule has 2 heterocycles. The number of carbonyl (C=O) groups is 5. The van der Waals surface area contributed by atoms with Gasteiger partial charge in [-0.25, -0.2) is 4.68 Å². The van der Waals surface area contributed by atoms with Crippen LogP contribution in [0.25, 0.3) is 11.8 Å². The Morgan fingerprint density at radius 3 is 1.56 bits per heavy atom. The van der Waals surface area contributed by atoms with E-state index in [1.165, 1.54) is 12.1 Å². The molecular formula is C23H10N4Na4O10. The van der Waals surface area contributed by atoms with Crippen LogP contribution in [0.1, 0.15) is 36.8 Å². The summed E-state index contributed by atoms with van der Waals surface area (Å²) in [6.45, 7) is 0. The van der Waals surface area contributed by atoms with Crippen LogP contribution in [0.15, 0.2) is 64.0 Å². The fourth-order valence-corrected chi connectivity index (χ4v) is 3.42. The van der Waals surface area contributed by atoms with Crippen molar-refractivity contribution in [1.82, 2.24) is 9.78 Å². The van der Waals surface area contributed by atoms with E-state index >= 15 is 0 Å². The van der Waals surface area contributed by atoms with Gasteiger partial charge in [0, 0.05) is 0 Å². The Morgan fingerprint density at radius 2 is 1.15 bits per heavy atom. The number of aliphatic carboxylic acids is 1. The molecular weight excluding hydrogens is 584 g/mol. The van der Waals surface area contributed by atoms with Gasteiger partial charge in [0.15, 0.2) is 0 Å². The molecule has 4 rings (SSSR count). The molecule has 41 heavy (non-hydrogen) atoms. The Hall–Kier alpha value is -1.79. The number of hydrogen-bond acceptors (Lipinski definition) is 11. The van der Waals surface area contributed by atoms with Crippen LogP contribution in [0.5, 0.6) is 0 Å². The number of benzene rings is 2. The summed E-state index contributed by atoms with van der Waals surface area (Å²) in [5.41, 5.74) is -4.65. The molecule has 0 radical (unpaired) electrons. The van der Waals surface area contributed by atoms with Crippen LogP contribution in [-0.4, -0.2) is 45.3 Å². The molecule has 0 bridgehead atoms. The number of carboxylic acid groups (broad SMARTS) is 4. The first kappa shape index (κ1) is 39.2. The standard InChI is InChI=1S/C23H14N4O10.4Na/c28-18-14(16(22(34)35)24-26(18)12-5-1-10(2-6-12)20(30)31)9-15-17(23(36)37)25-27(19(15)29)13-7-3-11(4-8-13)21(32)33;;;;/h1-9,24H,(H,30,31)(H,32,33)(H,34,35)(H,36,37);;;;/q;4*+1/p-4. The number of anilines is 1. The van der Waals surface area contributed by atoms with Crippen molar-refractivity contribution >= 4 is 47.3 Å². The van der Waals surface area contributed by atoms with E-state index in [4.69, 9.17) is 0 Å². The Labute approximate surface area is 318 Å². The van der Waals surface area contributed by atoms with Crippen molar-refractivity contribution < 1.29 is 163 Å². The van der Waals surface area contributed by atoms with Crippen LogP contribution >= 0.6 is 0 Å². The molecule has 0 spiro atoms. The Balaban J connectivity index is 0.00000400. The fraction of sp³-hybridized carbons (Fsp3) is 0. The van der Waals surface area contributed by atoms with Crippen LogP contribution in [0, 0.1) is 0 Å². The summed E-state index contributed by atoms with van der Waals surface area (Å²) in [5, 5.41) is 51.7. The van der Waals surface area contributed by atoms with E-state index in [0.29, 0.717) is 15.8 Å². The molecule has 3 aromatic rings. The maximum Gasteiger partial charge on any atom is 1.00 e. The molecule has 0 atom stereocenters. The zero-order valence-corrected chi connectivity index (χ0v) is 30.1. The second kappa shape index (κ2) is 16.2. The molecule has 0 saturated heterocycles. The molecule has 0 fully saturated rings. The average molecular weight is 594 g/mol. The van der Waals surface area contributed by atoms with Crippen molar-refractivity contribution in [2.75, 3.05) is 5.01 Å². The molecule has 1 aliphatic heterocycles. The molecule has 0 unspecified atom stereocenters. The van der Waals surface area contributed by atoms with Gasteiger partial charge in [0.25, 0.3) is 11.5 Å². The maximum atomic E-state index is 13.0. The van der Waals surface area contributed by atoms with Crippen molar-refractivity contribution in [3.8, 4) is 5.69 Å². The minimum absolute atomic E-state index is 0. The number of nitrogens with zero attached hydrogens (tertiary/aromatic N) is 3. The van der Waals surface area contributed by atoms with Crippen LogP contribution in [0.4, 0.5) is 5.69 Å². The molecule has 0 saturated carbocycles. The van der Waals surface area contributed by atoms with Gasteiger partial charge in [0.2, 0.25) is 0 Å². The number of carbonyl (C=O) groups excluding carboxylic acids is 5. The van der Waals surface area contributed by atoms with E-state index in [0.717, 1.165) is 36.4 Å². The average Bonchev–Trinajstić information content (AvgIpc) is 3.36. The number of aromatic nitrogens is 2. The van der Waals surface area contributed by atoms with Gasteiger partial charge in [-0.2, -0.15) is 10.1 Å². The molecule has 1 aromatic heterocycles. The van der Waals surface area contributed by atoms with Gasteiger partial charge in [-0.05, 0) is 41.5 Å². The Bertz CT molecular complexity index is 1630. The summed E-state index contributed by atoms with van der Waals surface area (Å²) >= 11 is 0. The first-order chi connectivity index (χ1) is 17.5. The van der Waals surface area contributed by atoms with Gasteiger partial charge >= 0.3 is 118 Å². The normalized spacial score (nSPS) is 12.7. The van der Waals surface area contributed by atoms with E-state index in [1.54, 1.807) is 0 Å². The first-order valence-electron chi connectivity index (χ1n) is 10.1. The largest absolute Gasteiger partial charge is 1.00 e. The van der Waals surface area contributed by atoms with E-state index in [-0.39, 0.29) is 141 Å². The fourth-order valence-electron chi connectivity index (χ4n) is 3.42. The zero-order chi connectivity index (χ0) is 27.0. The van der Waals surface area contributed by atoms with Gasteiger partial charge in [0.05, 0.1) is 52.1 Å². The number of amides is 1. The molecule has 1 N–H and O–H groups in total. The van der Waals surface area contributed by atoms with Gasteiger partial charge in [-0.1, -0.05) is 24.3 Å². The third-order valence-corrected chi connectivity index (χ3v) is 5.20. The summed E-state index contributed by atoms with van der Waals surface area (Å²) in [6, 6.07) is 9.00. The molecule has 2 aromatic carbocycles. The predicted octanol–water partition coefficient (Wildman–Crippen LogP) is -16.2. The van der Waals surface area contributed by atoms with Crippen molar-refractivity contribution in [2.45, 2.75) is 0 Å². The van der Waals surface area contributed by atoms with Crippen molar-refractivity contribution in [1.29, 1.82) is 0 Å². The smallest absolute Gasteiger partial charge is 0.545 e. The van der Waals surface area contributed by atoms with E-state index < -0.39 is 57.9 Å². The predicted molar refractivity (Wildman–Crippen MR) is 114 cm³/mol. The molecule has 186 valence electrons.